The highest BCUT2D eigenvalue weighted by Crippen LogP contribution is 2.37. The van der Waals surface area contributed by atoms with Crippen LogP contribution in [0.15, 0.2) is 48.5 Å². The molecule has 0 aliphatic heterocycles. The first-order valence-corrected chi connectivity index (χ1v) is 12.7. The zero-order chi connectivity index (χ0) is 27.2. The second-order valence-electron chi connectivity index (χ2n) is 9.27. The van der Waals surface area contributed by atoms with Crippen LogP contribution in [0.1, 0.15) is 64.9 Å². The highest BCUT2D eigenvalue weighted by molar-refractivity contribution is 6.03. The molecule has 38 heavy (non-hydrogen) atoms. The lowest BCUT2D eigenvalue weighted by molar-refractivity contribution is -0.149. The lowest BCUT2D eigenvalue weighted by Gasteiger charge is -2.28. The number of ether oxygens (including phenoxy) is 2. The van der Waals surface area contributed by atoms with Crippen molar-refractivity contribution in [3.8, 4) is 17.0 Å². The number of nitrogens with two attached hydrogens (primary N) is 2. The Bertz CT molecular complexity index is 1320. The molecule has 2 atom stereocenters. The molecule has 0 saturated heterocycles. The van der Waals surface area contributed by atoms with Crippen LogP contribution in [0.2, 0.25) is 0 Å². The van der Waals surface area contributed by atoms with Gasteiger partial charge in [0.1, 0.15) is 22.8 Å². The molecule has 1 heterocycles. The number of benzene rings is 2. The lowest BCUT2D eigenvalue weighted by Crippen LogP contribution is -2.27. The fourth-order valence-corrected chi connectivity index (χ4v) is 4.92. The number of amides is 2. The summed E-state index contributed by atoms with van der Waals surface area (Å²) in [6.07, 6.45) is 2.89. The summed E-state index contributed by atoms with van der Waals surface area (Å²) >= 11 is 0. The van der Waals surface area contributed by atoms with Gasteiger partial charge in [0.15, 0.2) is 0 Å². The molecule has 1 aromatic heterocycles. The SMILES string of the molecule is CCOC(=O)[C@@H]1CCC[C@@H](n2nc(-c3ccc(CNC(=O)c4ccccc4OC)cc3)c(C(N)=O)c2N)C1. The van der Waals surface area contributed by atoms with Crippen molar-refractivity contribution in [1.82, 2.24) is 15.1 Å². The van der Waals surface area contributed by atoms with Gasteiger partial charge < -0.3 is 26.3 Å². The molecule has 1 fully saturated rings. The molecule has 2 aromatic carbocycles. The molecule has 2 amide bonds. The maximum absolute atomic E-state index is 12.6. The van der Waals surface area contributed by atoms with E-state index < -0.39 is 5.91 Å². The minimum atomic E-state index is -0.672. The van der Waals surface area contributed by atoms with Gasteiger partial charge in [0.2, 0.25) is 0 Å². The van der Waals surface area contributed by atoms with Crippen molar-refractivity contribution < 1.29 is 23.9 Å². The van der Waals surface area contributed by atoms with Crippen LogP contribution in [0.25, 0.3) is 11.3 Å². The summed E-state index contributed by atoms with van der Waals surface area (Å²) in [6.45, 7) is 2.42. The molecule has 0 radical (unpaired) electrons. The zero-order valence-electron chi connectivity index (χ0n) is 21.6. The van der Waals surface area contributed by atoms with Crippen LogP contribution in [0.5, 0.6) is 5.75 Å². The van der Waals surface area contributed by atoms with E-state index in [-0.39, 0.29) is 35.2 Å². The molecule has 4 rings (SSSR count). The highest BCUT2D eigenvalue weighted by atomic mass is 16.5. The molecule has 0 spiro atoms. The van der Waals surface area contributed by atoms with Gasteiger partial charge in [-0.15, -0.1) is 0 Å². The largest absolute Gasteiger partial charge is 0.496 e. The van der Waals surface area contributed by atoms with Crippen molar-refractivity contribution >= 4 is 23.6 Å². The number of carbonyl (C=O) groups is 3. The normalized spacial score (nSPS) is 17.0. The van der Waals surface area contributed by atoms with E-state index in [1.165, 1.54) is 7.11 Å². The number of primary amides is 1. The molecule has 1 saturated carbocycles. The van der Waals surface area contributed by atoms with Crippen molar-refractivity contribution in [2.45, 2.75) is 45.2 Å². The number of nitrogen functional groups attached to an aromatic ring is 1. The summed E-state index contributed by atoms with van der Waals surface area (Å²) in [5, 5.41) is 7.57. The van der Waals surface area contributed by atoms with Crippen molar-refractivity contribution in [3.63, 3.8) is 0 Å². The lowest BCUT2D eigenvalue weighted by atomic mass is 9.86. The summed E-state index contributed by atoms with van der Waals surface area (Å²) in [7, 11) is 1.52. The van der Waals surface area contributed by atoms with Crippen LogP contribution in [-0.2, 0) is 16.1 Å². The smallest absolute Gasteiger partial charge is 0.308 e. The van der Waals surface area contributed by atoms with Gasteiger partial charge in [-0.1, -0.05) is 42.8 Å². The number of rotatable bonds is 9. The van der Waals surface area contributed by atoms with Crippen molar-refractivity contribution in [2.75, 3.05) is 19.5 Å². The Balaban J connectivity index is 1.52. The maximum Gasteiger partial charge on any atom is 0.308 e. The summed E-state index contributed by atoms with van der Waals surface area (Å²) in [5.41, 5.74) is 14.6. The Morgan fingerprint density at radius 3 is 2.53 bits per heavy atom. The Morgan fingerprint density at radius 2 is 1.84 bits per heavy atom. The van der Waals surface area contributed by atoms with E-state index in [1.54, 1.807) is 35.9 Å². The van der Waals surface area contributed by atoms with E-state index >= 15 is 0 Å². The predicted molar refractivity (Wildman–Crippen MR) is 142 cm³/mol. The molecule has 3 aromatic rings. The van der Waals surface area contributed by atoms with E-state index in [2.05, 4.69) is 10.4 Å². The van der Waals surface area contributed by atoms with E-state index in [0.717, 1.165) is 24.8 Å². The van der Waals surface area contributed by atoms with Gasteiger partial charge in [-0.3, -0.25) is 14.4 Å². The van der Waals surface area contributed by atoms with Crippen LogP contribution in [0.3, 0.4) is 0 Å². The van der Waals surface area contributed by atoms with Crippen LogP contribution in [0, 0.1) is 5.92 Å². The summed E-state index contributed by atoms with van der Waals surface area (Å²) < 4.78 is 12.1. The number of carbonyl (C=O) groups excluding carboxylic acids is 3. The molecule has 5 N–H and O–H groups in total. The van der Waals surface area contributed by atoms with Crippen molar-refractivity contribution in [3.05, 3.63) is 65.2 Å². The molecule has 0 bridgehead atoms. The number of methoxy groups -OCH3 is 1. The van der Waals surface area contributed by atoms with Gasteiger partial charge in [-0.25, -0.2) is 4.68 Å². The average molecular weight is 520 g/mol. The van der Waals surface area contributed by atoms with Crippen molar-refractivity contribution in [2.24, 2.45) is 11.7 Å². The fraction of sp³-hybridized carbons (Fsp3) is 0.357. The van der Waals surface area contributed by atoms with Gasteiger partial charge in [-0.05, 0) is 43.9 Å². The third-order valence-electron chi connectivity index (χ3n) is 6.84. The maximum atomic E-state index is 12.6. The fourth-order valence-electron chi connectivity index (χ4n) is 4.92. The minimum absolute atomic E-state index is 0.144. The Morgan fingerprint density at radius 1 is 1.11 bits per heavy atom. The first-order chi connectivity index (χ1) is 18.3. The first-order valence-electron chi connectivity index (χ1n) is 12.7. The van der Waals surface area contributed by atoms with Gasteiger partial charge in [0.05, 0.1) is 31.2 Å². The number of hydrogen-bond acceptors (Lipinski definition) is 7. The number of esters is 1. The Kier molecular flexibility index (Phi) is 8.30. The number of hydrogen-bond donors (Lipinski definition) is 3. The van der Waals surface area contributed by atoms with Crippen LogP contribution < -0.4 is 21.5 Å². The predicted octanol–water partition coefficient (Wildman–Crippen LogP) is 3.46. The third kappa shape index (κ3) is 5.64. The third-order valence-corrected chi connectivity index (χ3v) is 6.84. The van der Waals surface area contributed by atoms with Gasteiger partial charge in [0, 0.05) is 12.1 Å². The molecule has 10 heteroatoms. The topological polar surface area (TPSA) is 152 Å². The second kappa shape index (κ2) is 11.8. The van der Waals surface area contributed by atoms with Gasteiger partial charge >= 0.3 is 5.97 Å². The second-order valence-corrected chi connectivity index (χ2v) is 9.27. The average Bonchev–Trinajstić information content (AvgIpc) is 3.29. The van der Waals surface area contributed by atoms with Gasteiger partial charge in [0.25, 0.3) is 11.8 Å². The number of nitrogens with zero attached hydrogens (tertiary/aromatic N) is 2. The van der Waals surface area contributed by atoms with Crippen LogP contribution in [0.4, 0.5) is 5.82 Å². The van der Waals surface area contributed by atoms with E-state index in [9.17, 15) is 14.4 Å². The molecular formula is C28H33N5O5. The monoisotopic (exact) mass is 519 g/mol. The van der Waals surface area contributed by atoms with E-state index in [0.29, 0.717) is 42.1 Å². The summed E-state index contributed by atoms with van der Waals surface area (Å²) in [4.78, 5) is 37.3. The molecule has 1 aliphatic carbocycles. The van der Waals surface area contributed by atoms with Crippen LogP contribution in [-0.4, -0.2) is 41.3 Å². The van der Waals surface area contributed by atoms with Crippen LogP contribution >= 0.6 is 0 Å². The van der Waals surface area contributed by atoms with E-state index in [4.69, 9.17) is 20.9 Å². The molecule has 200 valence electrons. The van der Waals surface area contributed by atoms with Crippen molar-refractivity contribution in [1.29, 1.82) is 0 Å². The number of nitrogens with one attached hydrogen (secondary N) is 1. The quantitative estimate of drug-likeness (QED) is 0.366. The van der Waals surface area contributed by atoms with Gasteiger partial charge in [-0.2, -0.15) is 5.10 Å². The number of anilines is 1. The molecule has 1 aliphatic rings. The standard InChI is InChI=1S/C28H33N5O5/c1-3-38-28(36)19-7-6-8-20(15-19)33-25(29)23(26(30)34)24(32-33)18-13-11-17(12-14-18)16-31-27(35)21-9-4-5-10-22(21)37-2/h4-5,9-14,19-20H,3,6-8,15-16,29H2,1-2H3,(H2,30,34)(H,31,35)/t19-,20-/m1/s1. The highest BCUT2D eigenvalue weighted by Gasteiger charge is 2.32. The molecule has 0 unspecified atom stereocenters. The zero-order valence-corrected chi connectivity index (χ0v) is 21.6. The Labute approximate surface area is 221 Å². The Hall–Kier alpha value is -4.34. The first kappa shape index (κ1) is 26.7. The number of para-hydroxylation sites is 1. The molecule has 10 nitrogen and oxygen atoms in total. The summed E-state index contributed by atoms with van der Waals surface area (Å²) in [5.74, 6) is -0.679. The summed E-state index contributed by atoms with van der Waals surface area (Å²) in [6, 6.07) is 14.2. The molecular weight excluding hydrogens is 486 g/mol. The van der Waals surface area contributed by atoms with E-state index in [1.807, 2.05) is 24.3 Å². The number of aromatic nitrogens is 2. The minimum Gasteiger partial charge on any atom is -0.496 e.